The molecule has 0 aliphatic carbocycles. The van der Waals surface area contributed by atoms with Gasteiger partial charge in [0.2, 0.25) is 0 Å². The minimum absolute atomic E-state index is 0.150. The molecule has 2 amide bonds. The zero-order valence-electron chi connectivity index (χ0n) is 20.1. The fourth-order valence-electron chi connectivity index (χ4n) is 3.47. The van der Waals surface area contributed by atoms with Crippen LogP contribution in [0.3, 0.4) is 0 Å². The van der Waals surface area contributed by atoms with Gasteiger partial charge in [0.25, 0.3) is 11.1 Å². The molecule has 2 aromatic carbocycles. The third-order valence-electron chi connectivity index (χ3n) is 5.28. The van der Waals surface area contributed by atoms with Crippen molar-refractivity contribution in [2.24, 2.45) is 0 Å². The molecule has 0 spiro atoms. The first kappa shape index (κ1) is 25.5. The number of hydrogen-bond acceptors (Lipinski definition) is 8. The van der Waals surface area contributed by atoms with Crippen LogP contribution in [0, 0.1) is 13.8 Å². The first-order valence-electron chi connectivity index (χ1n) is 11.3. The molecule has 1 fully saturated rings. The van der Waals surface area contributed by atoms with Crippen LogP contribution >= 0.6 is 23.1 Å². The van der Waals surface area contributed by atoms with E-state index in [2.05, 4.69) is 0 Å². The predicted molar refractivity (Wildman–Crippen MR) is 141 cm³/mol. The summed E-state index contributed by atoms with van der Waals surface area (Å²) in [6, 6.07) is 14.4. The molecule has 2 heterocycles. The van der Waals surface area contributed by atoms with Crippen LogP contribution < -0.4 is 14.2 Å². The molecule has 0 bridgehead atoms. The second-order valence-corrected chi connectivity index (χ2v) is 9.90. The molecule has 0 atom stereocenters. The van der Waals surface area contributed by atoms with Crippen LogP contribution in [0.15, 0.2) is 58.8 Å². The highest BCUT2D eigenvalue weighted by Gasteiger charge is 2.35. The molecule has 1 aromatic heterocycles. The smallest absolute Gasteiger partial charge is 0.353 e. The maximum absolute atomic E-state index is 12.9. The van der Waals surface area contributed by atoms with Crippen LogP contribution in [0.1, 0.15) is 33.3 Å². The Hall–Kier alpha value is -3.56. The number of ether oxygens (including phenoxy) is 3. The summed E-state index contributed by atoms with van der Waals surface area (Å²) in [6.07, 6.45) is 1.63. The minimum Gasteiger partial charge on any atom is -0.491 e. The van der Waals surface area contributed by atoms with E-state index >= 15 is 0 Å². The molecular formula is C27H25NO6S2. The Balaban J connectivity index is 1.44. The van der Waals surface area contributed by atoms with E-state index in [0.29, 0.717) is 27.7 Å². The summed E-state index contributed by atoms with van der Waals surface area (Å²) < 4.78 is 17.0. The summed E-state index contributed by atoms with van der Waals surface area (Å²) in [4.78, 5) is 39.7. The van der Waals surface area contributed by atoms with Crippen molar-refractivity contribution < 1.29 is 28.6 Å². The molecule has 1 aliphatic heterocycles. The van der Waals surface area contributed by atoms with Gasteiger partial charge in [-0.05, 0) is 84.9 Å². The van der Waals surface area contributed by atoms with Gasteiger partial charge < -0.3 is 14.2 Å². The summed E-state index contributed by atoms with van der Waals surface area (Å²) in [5.74, 6) is 0.547. The van der Waals surface area contributed by atoms with Gasteiger partial charge in [-0.3, -0.25) is 14.5 Å². The van der Waals surface area contributed by atoms with Crippen molar-refractivity contribution in [2.75, 3.05) is 19.8 Å². The predicted octanol–water partition coefficient (Wildman–Crippen LogP) is 6.10. The van der Waals surface area contributed by atoms with E-state index in [-0.39, 0.29) is 30.0 Å². The summed E-state index contributed by atoms with van der Waals surface area (Å²) in [7, 11) is 0. The number of aryl methyl sites for hydroxylation is 2. The summed E-state index contributed by atoms with van der Waals surface area (Å²) in [6.45, 7) is 6.46. The first-order valence-corrected chi connectivity index (χ1v) is 13.0. The maximum Gasteiger partial charge on any atom is 0.353 e. The second-order valence-electron chi connectivity index (χ2n) is 7.96. The number of thioether (sulfide) groups is 1. The third kappa shape index (κ3) is 5.98. The van der Waals surface area contributed by atoms with Gasteiger partial charge in [-0.1, -0.05) is 24.3 Å². The molecule has 7 nitrogen and oxygen atoms in total. The van der Waals surface area contributed by atoms with Crippen LogP contribution in [0.5, 0.6) is 17.2 Å². The van der Waals surface area contributed by atoms with Crippen LogP contribution in [0.4, 0.5) is 4.79 Å². The number of thiophene rings is 1. The summed E-state index contributed by atoms with van der Waals surface area (Å²) >= 11 is 2.17. The van der Waals surface area contributed by atoms with Crippen molar-refractivity contribution in [3.05, 3.63) is 80.4 Å². The van der Waals surface area contributed by atoms with Gasteiger partial charge in [-0.25, -0.2) is 4.79 Å². The monoisotopic (exact) mass is 523 g/mol. The largest absolute Gasteiger partial charge is 0.491 e. The van der Waals surface area contributed by atoms with Gasteiger partial charge in [0.05, 0.1) is 18.1 Å². The molecule has 3 aromatic rings. The summed E-state index contributed by atoms with van der Waals surface area (Å²) in [5.41, 5.74) is 2.71. The van der Waals surface area contributed by atoms with Crippen LogP contribution in [-0.4, -0.2) is 41.8 Å². The lowest BCUT2D eigenvalue weighted by Crippen LogP contribution is -2.32. The first-order chi connectivity index (χ1) is 17.4. The van der Waals surface area contributed by atoms with Gasteiger partial charge in [-0.15, -0.1) is 11.3 Å². The third-order valence-corrected chi connectivity index (χ3v) is 7.04. The fourth-order valence-corrected chi connectivity index (χ4v) is 4.93. The van der Waals surface area contributed by atoms with Gasteiger partial charge in [0.1, 0.15) is 17.2 Å². The van der Waals surface area contributed by atoms with Crippen molar-refractivity contribution in [3.8, 4) is 17.2 Å². The Labute approximate surface area is 217 Å². The zero-order chi connectivity index (χ0) is 25.7. The van der Waals surface area contributed by atoms with Gasteiger partial charge in [0.15, 0.2) is 11.5 Å². The molecule has 1 aliphatic rings. The molecule has 4 rings (SSSR count). The van der Waals surface area contributed by atoms with Crippen molar-refractivity contribution in [1.29, 1.82) is 0 Å². The Morgan fingerprint density at radius 3 is 2.58 bits per heavy atom. The number of nitrogens with zero attached hydrogens (tertiary/aromatic N) is 1. The molecular weight excluding hydrogens is 498 g/mol. The Morgan fingerprint density at radius 1 is 1.00 bits per heavy atom. The molecule has 0 N–H and O–H groups in total. The molecule has 1 saturated heterocycles. The van der Waals surface area contributed by atoms with E-state index in [0.717, 1.165) is 28.6 Å². The van der Waals surface area contributed by atoms with E-state index < -0.39 is 5.97 Å². The fraction of sp³-hybridized carbons (Fsp3) is 0.222. The lowest BCUT2D eigenvalue weighted by molar-refractivity contribution is -0.123. The van der Waals surface area contributed by atoms with Crippen molar-refractivity contribution >= 4 is 46.3 Å². The van der Waals surface area contributed by atoms with E-state index in [1.54, 1.807) is 41.8 Å². The summed E-state index contributed by atoms with van der Waals surface area (Å²) in [5, 5.41) is 1.45. The maximum atomic E-state index is 12.9. The number of rotatable bonds is 9. The van der Waals surface area contributed by atoms with Crippen LogP contribution in [0.2, 0.25) is 0 Å². The highest BCUT2D eigenvalue weighted by Crippen LogP contribution is 2.35. The highest BCUT2D eigenvalue weighted by molar-refractivity contribution is 8.18. The highest BCUT2D eigenvalue weighted by atomic mass is 32.2. The Bertz CT molecular complexity index is 1320. The van der Waals surface area contributed by atoms with Crippen molar-refractivity contribution in [3.63, 3.8) is 0 Å². The molecule has 0 radical (unpaired) electrons. The number of carbonyl (C=O) groups excluding carboxylic acids is 3. The lowest BCUT2D eigenvalue weighted by atomic mass is 10.1. The van der Waals surface area contributed by atoms with Crippen LogP contribution in [-0.2, 0) is 4.79 Å². The van der Waals surface area contributed by atoms with Gasteiger partial charge in [0, 0.05) is 0 Å². The zero-order valence-corrected chi connectivity index (χ0v) is 21.7. The molecule has 36 heavy (non-hydrogen) atoms. The SMILES string of the molecule is CCOc1cc(/C=C2\SC(=O)N(CCOc3cc(C)ccc3C)C2=O)ccc1OC(=O)c1cccs1. The normalized spacial score (nSPS) is 14.4. The molecule has 186 valence electrons. The lowest BCUT2D eigenvalue weighted by Gasteiger charge is -2.14. The number of esters is 1. The van der Waals surface area contributed by atoms with E-state index in [1.807, 2.05) is 39.0 Å². The van der Waals surface area contributed by atoms with Gasteiger partial charge >= 0.3 is 5.97 Å². The van der Waals surface area contributed by atoms with Gasteiger partial charge in [-0.2, -0.15) is 0 Å². The number of imide groups is 1. The Morgan fingerprint density at radius 2 is 1.83 bits per heavy atom. The van der Waals surface area contributed by atoms with E-state index in [9.17, 15) is 14.4 Å². The van der Waals surface area contributed by atoms with Crippen molar-refractivity contribution in [2.45, 2.75) is 20.8 Å². The molecule has 9 heteroatoms. The topological polar surface area (TPSA) is 82.1 Å². The quantitative estimate of drug-likeness (QED) is 0.190. The van der Waals surface area contributed by atoms with Crippen LogP contribution in [0.25, 0.3) is 6.08 Å². The second kappa shape index (κ2) is 11.5. The average molecular weight is 524 g/mol. The number of benzene rings is 2. The Kier molecular flexibility index (Phi) is 8.12. The number of amides is 2. The van der Waals surface area contributed by atoms with Crippen molar-refractivity contribution in [1.82, 2.24) is 4.90 Å². The molecule has 0 unspecified atom stereocenters. The van der Waals surface area contributed by atoms with E-state index in [1.165, 1.54) is 16.2 Å². The van der Waals surface area contributed by atoms with E-state index in [4.69, 9.17) is 14.2 Å². The number of hydrogen-bond donors (Lipinski definition) is 0. The minimum atomic E-state index is -0.470. The number of carbonyl (C=O) groups is 3. The average Bonchev–Trinajstić information content (AvgIpc) is 3.48. The standard InChI is InChI=1S/C27H25NO6S2/c1-4-32-22-15-19(9-10-20(22)34-26(30)23-6-5-13-35-23)16-24-25(29)28(27(31)36-24)11-12-33-21-14-17(2)7-8-18(21)3/h5-10,13-16H,4,11-12H2,1-3H3/b24-16-. The molecule has 0 saturated carbocycles.